The zero-order chi connectivity index (χ0) is 19.7. The maximum absolute atomic E-state index is 12.8. The van der Waals surface area contributed by atoms with Crippen molar-refractivity contribution in [2.75, 3.05) is 5.32 Å². The average molecular weight is 375 g/mol. The number of aryl methyl sites for hydroxylation is 1. The molecule has 0 unspecified atom stereocenters. The van der Waals surface area contributed by atoms with E-state index in [1.165, 1.54) is 13.0 Å². The summed E-state index contributed by atoms with van der Waals surface area (Å²) in [5.41, 5.74) is 3.34. The number of aliphatic hydroxyl groups is 1. The van der Waals surface area contributed by atoms with Crippen molar-refractivity contribution in [3.8, 4) is 11.4 Å². The Morgan fingerprint density at radius 3 is 2.96 bits per heavy atom. The molecule has 1 aromatic carbocycles. The molecule has 8 heteroatoms. The number of hydrogen-bond donors (Lipinski definition) is 2. The molecule has 0 fully saturated rings. The van der Waals surface area contributed by atoms with Crippen molar-refractivity contribution >= 4 is 23.3 Å². The fraction of sp³-hybridized carbons (Fsp3) is 0.100. The Morgan fingerprint density at radius 2 is 2.14 bits per heavy atom. The normalized spacial score (nSPS) is 11.7. The fourth-order valence-corrected chi connectivity index (χ4v) is 2.77. The highest BCUT2D eigenvalue weighted by molar-refractivity contribution is 6.04. The molecule has 0 saturated carbocycles. The van der Waals surface area contributed by atoms with E-state index in [-0.39, 0.29) is 17.6 Å². The number of benzene rings is 1. The quantitative estimate of drug-likeness (QED) is 0.525. The molecule has 3 heterocycles. The largest absolute Gasteiger partial charge is 0.512 e. The standard InChI is InChI=1S/C20H17N5O3/c1-12-6-7-14(19-23-18(28-24-19)9-13(2)26)10-15(12)22-20(27)16-11-21-17-5-3-4-8-25(16)17/h3-11,26H,1-2H3,(H,22,27)/b13-9-. The summed E-state index contributed by atoms with van der Waals surface area (Å²) in [5, 5.41) is 16.1. The van der Waals surface area contributed by atoms with E-state index in [0.717, 1.165) is 5.56 Å². The lowest BCUT2D eigenvalue weighted by molar-refractivity contribution is 0.102. The topological polar surface area (TPSA) is 106 Å². The van der Waals surface area contributed by atoms with E-state index in [0.29, 0.717) is 28.4 Å². The van der Waals surface area contributed by atoms with Gasteiger partial charge in [-0.05, 0) is 37.6 Å². The predicted octanol–water partition coefficient (Wildman–Crippen LogP) is 3.86. The monoisotopic (exact) mass is 375 g/mol. The summed E-state index contributed by atoms with van der Waals surface area (Å²) in [7, 11) is 0. The van der Waals surface area contributed by atoms with Crippen molar-refractivity contribution in [3.05, 3.63) is 71.7 Å². The van der Waals surface area contributed by atoms with Crippen molar-refractivity contribution in [2.45, 2.75) is 13.8 Å². The number of aliphatic hydroxyl groups excluding tert-OH is 1. The molecule has 0 atom stereocenters. The van der Waals surface area contributed by atoms with Crippen LogP contribution in [0.2, 0.25) is 0 Å². The van der Waals surface area contributed by atoms with Crippen LogP contribution in [0.1, 0.15) is 28.9 Å². The smallest absolute Gasteiger partial charge is 0.274 e. The Hall–Kier alpha value is -3.94. The molecule has 4 rings (SSSR count). The molecular formula is C20H17N5O3. The third-order valence-corrected chi connectivity index (χ3v) is 4.17. The fourth-order valence-electron chi connectivity index (χ4n) is 2.77. The van der Waals surface area contributed by atoms with Crippen LogP contribution in [0, 0.1) is 6.92 Å². The molecule has 28 heavy (non-hydrogen) atoms. The summed E-state index contributed by atoms with van der Waals surface area (Å²) >= 11 is 0. The molecule has 1 amide bonds. The number of pyridine rings is 1. The van der Waals surface area contributed by atoms with E-state index >= 15 is 0 Å². The molecule has 2 N–H and O–H groups in total. The zero-order valence-electron chi connectivity index (χ0n) is 15.2. The number of rotatable bonds is 4. The van der Waals surface area contributed by atoms with Gasteiger partial charge in [0.1, 0.15) is 11.3 Å². The third-order valence-electron chi connectivity index (χ3n) is 4.17. The van der Waals surface area contributed by atoms with E-state index in [1.54, 1.807) is 22.9 Å². The summed E-state index contributed by atoms with van der Waals surface area (Å²) < 4.78 is 6.82. The van der Waals surface area contributed by atoms with Crippen LogP contribution < -0.4 is 5.32 Å². The van der Waals surface area contributed by atoms with Gasteiger partial charge in [0.2, 0.25) is 5.82 Å². The highest BCUT2D eigenvalue weighted by atomic mass is 16.5. The molecule has 4 aromatic rings. The van der Waals surface area contributed by atoms with Gasteiger partial charge in [0.25, 0.3) is 11.8 Å². The van der Waals surface area contributed by atoms with Crippen LogP contribution in [0.25, 0.3) is 23.1 Å². The van der Waals surface area contributed by atoms with Crippen LogP contribution in [-0.4, -0.2) is 30.5 Å². The second-order valence-electron chi connectivity index (χ2n) is 6.30. The Labute approximate surface area is 160 Å². The Morgan fingerprint density at radius 1 is 1.29 bits per heavy atom. The van der Waals surface area contributed by atoms with Crippen molar-refractivity contribution < 1.29 is 14.4 Å². The molecule has 0 bridgehead atoms. The summed E-state index contributed by atoms with van der Waals surface area (Å²) in [6.45, 7) is 3.41. The summed E-state index contributed by atoms with van der Waals surface area (Å²) in [6, 6.07) is 11.0. The first-order valence-corrected chi connectivity index (χ1v) is 8.57. The number of amides is 1. The van der Waals surface area contributed by atoms with Gasteiger partial charge in [-0.1, -0.05) is 23.4 Å². The number of anilines is 1. The predicted molar refractivity (Wildman–Crippen MR) is 104 cm³/mol. The first-order valence-electron chi connectivity index (χ1n) is 8.57. The van der Waals surface area contributed by atoms with Gasteiger partial charge in [-0.2, -0.15) is 4.98 Å². The molecule has 8 nitrogen and oxygen atoms in total. The third kappa shape index (κ3) is 3.35. The van der Waals surface area contributed by atoms with E-state index in [4.69, 9.17) is 4.52 Å². The Balaban J connectivity index is 1.63. The number of carbonyl (C=O) groups is 1. The lowest BCUT2D eigenvalue weighted by atomic mass is 10.1. The number of fused-ring (bicyclic) bond motifs is 1. The number of nitrogens with zero attached hydrogens (tertiary/aromatic N) is 4. The van der Waals surface area contributed by atoms with Crippen LogP contribution in [0.5, 0.6) is 0 Å². The Bertz CT molecular complexity index is 1200. The van der Waals surface area contributed by atoms with Gasteiger partial charge in [-0.3, -0.25) is 9.20 Å². The van der Waals surface area contributed by atoms with Gasteiger partial charge in [0.15, 0.2) is 0 Å². The van der Waals surface area contributed by atoms with Gasteiger partial charge in [0, 0.05) is 23.5 Å². The number of allylic oxidation sites excluding steroid dienone is 1. The van der Waals surface area contributed by atoms with Crippen LogP contribution in [0.3, 0.4) is 0 Å². The number of carbonyl (C=O) groups excluding carboxylic acids is 1. The maximum atomic E-state index is 12.8. The van der Waals surface area contributed by atoms with Crippen LogP contribution in [-0.2, 0) is 0 Å². The highest BCUT2D eigenvalue weighted by Crippen LogP contribution is 2.24. The molecule has 0 aliphatic heterocycles. The van der Waals surface area contributed by atoms with Crippen molar-refractivity contribution in [2.24, 2.45) is 0 Å². The minimum absolute atomic E-state index is 0.0695. The average Bonchev–Trinajstić information content (AvgIpc) is 3.30. The molecular weight excluding hydrogens is 358 g/mol. The van der Waals surface area contributed by atoms with E-state index in [1.807, 2.05) is 37.3 Å². The molecule has 0 radical (unpaired) electrons. The van der Waals surface area contributed by atoms with Gasteiger partial charge in [0.05, 0.1) is 12.0 Å². The van der Waals surface area contributed by atoms with Crippen LogP contribution >= 0.6 is 0 Å². The van der Waals surface area contributed by atoms with E-state index < -0.39 is 0 Å². The zero-order valence-corrected chi connectivity index (χ0v) is 15.2. The summed E-state index contributed by atoms with van der Waals surface area (Å²) in [6.07, 6.45) is 4.70. The number of aromatic nitrogens is 4. The van der Waals surface area contributed by atoms with Crippen molar-refractivity contribution in [1.82, 2.24) is 19.5 Å². The number of nitrogens with one attached hydrogen (secondary N) is 1. The van der Waals surface area contributed by atoms with Gasteiger partial charge < -0.3 is 14.9 Å². The molecule has 140 valence electrons. The SMILES string of the molecule is C/C(O)=C/c1nc(-c2ccc(C)c(NC(=O)c3cnc4ccccn34)c2)no1. The van der Waals surface area contributed by atoms with Gasteiger partial charge >= 0.3 is 0 Å². The molecule has 0 aliphatic rings. The first kappa shape index (κ1) is 17.5. The lowest BCUT2D eigenvalue weighted by Crippen LogP contribution is -2.15. The van der Waals surface area contributed by atoms with Crippen LogP contribution in [0.15, 0.2) is 59.1 Å². The minimum atomic E-state index is -0.272. The molecule has 0 spiro atoms. The van der Waals surface area contributed by atoms with Gasteiger partial charge in [-0.25, -0.2) is 4.98 Å². The molecule has 0 saturated heterocycles. The van der Waals surface area contributed by atoms with E-state index in [9.17, 15) is 9.90 Å². The first-order chi connectivity index (χ1) is 13.5. The highest BCUT2D eigenvalue weighted by Gasteiger charge is 2.15. The number of imidazole rings is 1. The Kier molecular flexibility index (Phi) is 4.36. The van der Waals surface area contributed by atoms with Crippen molar-refractivity contribution in [3.63, 3.8) is 0 Å². The lowest BCUT2D eigenvalue weighted by Gasteiger charge is -2.09. The van der Waals surface area contributed by atoms with E-state index in [2.05, 4.69) is 20.4 Å². The minimum Gasteiger partial charge on any atom is -0.512 e. The van der Waals surface area contributed by atoms with Gasteiger partial charge in [-0.15, -0.1) is 0 Å². The van der Waals surface area contributed by atoms with Crippen LogP contribution in [0.4, 0.5) is 5.69 Å². The summed E-state index contributed by atoms with van der Waals surface area (Å²) in [5.74, 6) is 0.358. The molecule has 0 aliphatic carbocycles. The number of hydrogen-bond acceptors (Lipinski definition) is 6. The van der Waals surface area contributed by atoms with Crippen molar-refractivity contribution in [1.29, 1.82) is 0 Å². The molecule has 3 aromatic heterocycles. The second kappa shape index (κ2) is 6.99. The maximum Gasteiger partial charge on any atom is 0.274 e. The summed E-state index contributed by atoms with van der Waals surface area (Å²) in [4.78, 5) is 21.2. The second-order valence-corrected chi connectivity index (χ2v) is 6.30.